The third-order valence-electron chi connectivity index (χ3n) is 2.75. The van der Waals surface area contributed by atoms with Gasteiger partial charge in [-0.25, -0.2) is 9.97 Å². The van der Waals surface area contributed by atoms with Crippen LogP contribution < -0.4 is 10.6 Å². The van der Waals surface area contributed by atoms with Gasteiger partial charge in [0.2, 0.25) is 0 Å². The molecule has 1 rings (SSSR count). The lowest BCUT2D eigenvalue weighted by Crippen LogP contribution is -2.21. The Morgan fingerprint density at radius 3 is 2.50 bits per heavy atom. The molecular weight excluding hydrogens is 248 g/mol. The maximum atomic E-state index is 11.3. The van der Waals surface area contributed by atoms with Gasteiger partial charge in [-0.2, -0.15) is 0 Å². The Bertz CT molecular complexity index is 411. The Morgan fingerprint density at radius 2 is 1.94 bits per heavy atom. The first-order chi connectivity index (χ1) is 8.56. The summed E-state index contributed by atoms with van der Waals surface area (Å²) < 4.78 is 11.3. The van der Waals surface area contributed by atoms with Gasteiger partial charge in [-0.1, -0.05) is 6.92 Å². The van der Waals surface area contributed by atoms with Crippen molar-refractivity contribution in [3.8, 4) is 0 Å². The zero-order valence-corrected chi connectivity index (χ0v) is 12.3. The van der Waals surface area contributed by atoms with Crippen molar-refractivity contribution < 1.29 is 4.21 Å². The molecule has 0 aliphatic carbocycles. The second-order valence-corrected chi connectivity index (χ2v) is 6.11. The molecule has 0 aliphatic heterocycles. The van der Waals surface area contributed by atoms with Crippen LogP contribution in [0.5, 0.6) is 0 Å². The lowest BCUT2D eigenvalue weighted by Gasteiger charge is -2.14. The minimum atomic E-state index is -0.822. The van der Waals surface area contributed by atoms with Crippen molar-refractivity contribution in [1.29, 1.82) is 0 Å². The lowest BCUT2D eigenvalue weighted by molar-refractivity contribution is 0.678. The molecule has 2 unspecified atom stereocenters. The Hall–Kier alpha value is -1.17. The second-order valence-electron chi connectivity index (χ2n) is 4.31. The topological polar surface area (TPSA) is 66.9 Å². The Balaban J connectivity index is 2.68. The summed E-state index contributed by atoms with van der Waals surface area (Å²) in [7, 11) is -0.822. The first-order valence-corrected chi connectivity index (χ1v) is 7.80. The van der Waals surface area contributed by atoms with Crippen LogP contribution in [0.2, 0.25) is 0 Å². The van der Waals surface area contributed by atoms with Crippen LogP contribution in [-0.2, 0) is 10.8 Å². The molecule has 1 aromatic rings. The minimum absolute atomic E-state index is 0.103. The van der Waals surface area contributed by atoms with Gasteiger partial charge in [-0.05, 0) is 20.3 Å². The summed E-state index contributed by atoms with van der Waals surface area (Å²) in [6, 6.07) is 0. The van der Waals surface area contributed by atoms with Crippen molar-refractivity contribution in [1.82, 2.24) is 9.97 Å². The Kier molecular flexibility index (Phi) is 6.04. The van der Waals surface area contributed by atoms with Crippen LogP contribution in [0.1, 0.15) is 25.8 Å². The van der Waals surface area contributed by atoms with Crippen LogP contribution in [0, 0.1) is 6.92 Å². The molecule has 0 bridgehead atoms. The molecule has 0 saturated heterocycles. The summed E-state index contributed by atoms with van der Waals surface area (Å²) in [6.45, 7) is 7.59. The van der Waals surface area contributed by atoms with Crippen LogP contribution >= 0.6 is 0 Å². The van der Waals surface area contributed by atoms with Gasteiger partial charge in [0, 0.05) is 41.0 Å². The molecule has 0 amide bonds. The summed E-state index contributed by atoms with van der Waals surface area (Å²) in [5, 5.41) is 6.59. The predicted octanol–water partition coefficient (Wildman–Crippen LogP) is 1.79. The van der Waals surface area contributed by atoms with Gasteiger partial charge in [-0.15, -0.1) is 0 Å². The molecule has 0 aromatic carbocycles. The average molecular weight is 270 g/mol. The van der Waals surface area contributed by atoms with Crippen molar-refractivity contribution in [3.63, 3.8) is 0 Å². The molecule has 5 nitrogen and oxygen atoms in total. The fraction of sp³-hybridized carbons (Fsp3) is 0.667. The molecule has 2 N–H and O–H groups in total. The van der Waals surface area contributed by atoms with Crippen molar-refractivity contribution in [2.24, 2.45) is 0 Å². The molecule has 2 atom stereocenters. The van der Waals surface area contributed by atoms with E-state index in [1.807, 2.05) is 13.8 Å². The molecule has 102 valence electrons. The van der Waals surface area contributed by atoms with Gasteiger partial charge in [-0.3, -0.25) is 4.21 Å². The quantitative estimate of drug-likeness (QED) is 0.790. The summed E-state index contributed by atoms with van der Waals surface area (Å²) in [4.78, 5) is 8.43. The smallest absolute Gasteiger partial charge is 0.134 e. The lowest BCUT2D eigenvalue weighted by atomic mass is 10.3. The van der Waals surface area contributed by atoms with Gasteiger partial charge in [0.1, 0.15) is 18.0 Å². The number of hydrogen-bond acceptors (Lipinski definition) is 5. The van der Waals surface area contributed by atoms with Crippen molar-refractivity contribution >= 4 is 22.4 Å². The maximum absolute atomic E-state index is 11.3. The fourth-order valence-electron chi connectivity index (χ4n) is 1.41. The van der Waals surface area contributed by atoms with Gasteiger partial charge in [0.05, 0.1) is 0 Å². The van der Waals surface area contributed by atoms with Crippen molar-refractivity contribution in [2.75, 3.05) is 30.0 Å². The molecule has 0 radical (unpaired) electrons. The predicted molar refractivity (Wildman–Crippen MR) is 77.6 cm³/mol. The molecule has 1 aromatic heterocycles. The van der Waals surface area contributed by atoms with E-state index in [0.29, 0.717) is 6.54 Å². The van der Waals surface area contributed by atoms with E-state index in [0.717, 1.165) is 30.2 Å². The van der Waals surface area contributed by atoms with E-state index in [1.165, 1.54) is 0 Å². The van der Waals surface area contributed by atoms with Crippen LogP contribution in [-0.4, -0.2) is 38.8 Å². The zero-order chi connectivity index (χ0) is 13.5. The van der Waals surface area contributed by atoms with Crippen molar-refractivity contribution in [3.05, 3.63) is 11.9 Å². The zero-order valence-electron chi connectivity index (χ0n) is 11.5. The van der Waals surface area contributed by atoms with Gasteiger partial charge < -0.3 is 10.6 Å². The number of hydrogen-bond donors (Lipinski definition) is 2. The third kappa shape index (κ3) is 4.25. The average Bonchev–Trinajstić information content (AvgIpc) is 2.35. The maximum Gasteiger partial charge on any atom is 0.134 e. The number of nitrogens with zero attached hydrogens (tertiary/aromatic N) is 2. The fourth-order valence-corrected chi connectivity index (χ4v) is 1.73. The molecule has 1 heterocycles. The highest BCUT2D eigenvalue weighted by Crippen LogP contribution is 2.18. The number of nitrogens with one attached hydrogen (secondary N) is 2. The van der Waals surface area contributed by atoms with E-state index >= 15 is 0 Å². The highest BCUT2D eigenvalue weighted by Gasteiger charge is 2.09. The van der Waals surface area contributed by atoms with Crippen LogP contribution in [0.15, 0.2) is 6.33 Å². The molecule has 0 aliphatic rings. The molecule has 0 spiro atoms. The molecule has 18 heavy (non-hydrogen) atoms. The van der Waals surface area contributed by atoms with E-state index in [9.17, 15) is 4.21 Å². The highest BCUT2D eigenvalue weighted by molar-refractivity contribution is 7.84. The Labute approximate surface area is 111 Å². The molecule has 0 fully saturated rings. The van der Waals surface area contributed by atoms with E-state index in [1.54, 1.807) is 12.6 Å². The van der Waals surface area contributed by atoms with Crippen LogP contribution in [0.4, 0.5) is 11.6 Å². The van der Waals surface area contributed by atoms with Crippen molar-refractivity contribution in [2.45, 2.75) is 32.4 Å². The standard InChI is InChI=1S/C12H22N4OS/c1-5-6-13-11-10(3)12(16-8-15-11)14-7-9(2)18(4)17/h8-9H,5-7H2,1-4H3,(H2,13,14,15,16). The summed E-state index contributed by atoms with van der Waals surface area (Å²) in [5.41, 5.74) is 1.00. The normalized spacial score (nSPS) is 14.0. The number of aromatic nitrogens is 2. The largest absolute Gasteiger partial charge is 0.370 e. The van der Waals surface area contributed by atoms with E-state index in [4.69, 9.17) is 0 Å². The first-order valence-electron chi connectivity index (χ1n) is 6.17. The van der Waals surface area contributed by atoms with E-state index in [2.05, 4.69) is 27.5 Å². The van der Waals surface area contributed by atoms with Crippen LogP contribution in [0.3, 0.4) is 0 Å². The third-order valence-corrected chi connectivity index (χ3v) is 4.05. The SMILES string of the molecule is CCCNc1ncnc(NCC(C)S(C)=O)c1C. The minimum Gasteiger partial charge on any atom is -0.370 e. The Morgan fingerprint density at radius 1 is 1.33 bits per heavy atom. The molecular formula is C12H22N4OS. The number of rotatable bonds is 7. The van der Waals surface area contributed by atoms with E-state index in [-0.39, 0.29) is 5.25 Å². The number of anilines is 2. The van der Waals surface area contributed by atoms with Gasteiger partial charge >= 0.3 is 0 Å². The summed E-state index contributed by atoms with van der Waals surface area (Å²) in [6.07, 6.45) is 4.31. The monoisotopic (exact) mass is 270 g/mol. The van der Waals surface area contributed by atoms with Gasteiger partial charge in [0.15, 0.2) is 0 Å². The molecule has 6 heteroatoms. The second kappa shape index (κ2) is 7.31. The summed E-state index contributed by atoms with van der Waals surface area (Å²) >= 11 is 0. The van der Waals surface area contributed by atoms with Gasteiger partial charge in [0.25, 0.3) is 0 Å². The highest BCUT2D eigenvalue weighted by atomic mass is 32.2. The van der Waals surface area contributed by atoms with Crippen LogP contribution in [0.25, 0.3) is 0 Å². The molecule has 0 saturated carbocycles. The summed E-state index contributed by atoms with van der Waals surface area (Å²) in [5.74, 6) is 1.67. The first kappa shape index (κ1) is 14.9. The van der Waals surface area contributed by atoms with E-state index < -0.39 is 10.8 Å².